The lowest BCUT2D eigenvalue weighted by Crippen LogP contribution is -2.30. The van der Waals surface area contributed by atoms with E-state index in [9.17, 15) is 18.4 Å². The summed E-state index contributed by atoms with van der Waals surface area (Å²) in [4.78, 5) is 22.4. The first-order valence-electron chi connectivity index (χ1n) is 8.04. The van der Waals surface area contributed by atoms with Crippen LogP contribution in [0.2, 0.25) is 0 Å². The van der Waals surface area contributed by atoms with Crippen molar-refractivity contribution in [1.82, 2.24) is 5.32 Å². The standard InChI is InChI=1S/C17H21F2NO4/c18-17(19)24-12-8-9-13-11(10-12)4-3-5-14(13)20-15(21)6-1-2-7-16(22)23/h8-10,14,17H,1-7H2,(H,20,21)(H,22,23). The molecule has 2 rings (SSSR count). The molecule has 1 amide bonds. The van der Waals surface area contributed by atoms with Crippen LogP contribution in [0, 0.1) is 0 Å². The number of hydrogen-bond donors (Lipinski definition) is 2. The summed E-state index contributed by atoms with van der Waals surface area (Å²) in [6.45, 7) is -2.85. The zero-order chi connectivity index (χ0) is 17.5. The van der Waals surface area contributed by atoms with Crippen molar-refractivity contribution in [2.75, 3.05) is 0 Å². The van der Waals surface area contributed by atoms with Gasteiger partial charge in [-0.1, -0.05) is 6.07 Å². The number of unbranched alkanes of at least 4 members (excludes halogenated alkanes) is 1. The molecule has 7 heteroatoms. The first kappa shape index (κ1) is 18.2. The number of rotatable bonds is 8. The molecule has 0 aliphatic heterocycles. The highest BCUT2D eigenvalue weighted by Gasteiger charge is 2.22. The van der Waals surface area contributed by atoms with E-state index in [0.717, 1.165) is 30.4 Å². The van der Waals surface area contributed by atoms with Crippen LogP contribution in [0.25, 0.3) is 0 Å². The third-order valence-corrected chi connectivity index (χ3v) is 4.03. The quantitative estimate of drug-likeness (QED) is 0.710. The molecule has 0 aromatic heterocycles. The average Bonchev–Trinajstić information content (AvgIpc) is 2.51. The zero-order valence-corrected chi connectivity index (χ0v) is 13.3. The number of carboxylic acids is 1. The van der Waals surface area contributed by atoms with Crippen molar-refractivity contribution in [2.45, 2.75) is 57.6 Å². The van der Waals surface area contributed by atoms with Gasteiger partial charge in [-0.2, -0.15) is 8.78 Å². The summed E-state index contributed by atoms with van der Waals surface area (Å²) in [5, 5.41) is 11.5. The lowest BCUT2D eigenvalue weighted by atomic mass is 9.87. The lowest BCUT2D eigenvalue weighted by Gasteiger charge is -2.27. The SMILES string of the molecule is O=C(O)CCCCC(=O)NC1CCCc2cc(OC(F)F)ccc21. The Bertz CT molecular complexity index is 592. The molecular weight excluding hydrogens is 320 g/mol. The van der Waals surface area contributed by atoms with Crippen LogP contribution in [0.15, 0.2) is 18.2 Å². The van der Waals surface area contributed by atoms with Crippen LogP contribution in [-0.2, 0) is 16.0 Å². The molecule has 0 saturated carbocycles. The fourth-order valence-corrected chi connectivity index (χ4v) is 2.95. The van der Waals surface area contributed by atoms with Crippen LogP contribution in [0.5, 0.6) is 5.75 Å². The van der Waals surface area contributed by atoms with Crippen LogP contribution in [0.4, 0.5) is 8.78 Å². The number of fused-ring (bicyclic) bond motifs is 1. The Morgan fingerprint density at radius 3 is 2.75 bits per heavy atom. The molecule has 1 aliphatic carbocycles. The molecule has 0 fully saturated rings. The van der Waals surface area contributed by atoms with Gasteiger partial charge in [0.05, 0.1) is 6.04 Å². The van der Waals surface area contributed by atoms with Crippen LogP contribution in [-0.4, -0.2) is 23.6 Å². The van der Waals surface area contributed by atoms with E-state index in [2.05, 4.69) is 10.1 Å². The minimum atomic E-state index is -2.85. The highest BCUT2D eigenvalue weighted by Crippen LogP contribution is 2.32. The number of amides is 1. The Balaban J connectivity index is 1.91. The van der Waals surface area contributed by atoms with Crippen LogP contribution in [0.1, 0.15) is 55.7 Å². The number of aryl methyl sites for hydroxylation is 1. The van der Waals surface area contributed by atoms with Crippen LogP contribution >= 0.6 is 0 Å². The smallest absolute Gasteiger partial charge is 0.387 e. The average molecular weight is 341 g/mol. The second-order valence-corrected chi connectivity index (χ2v) is 5.85. The van der Waals surface area contributed by atoms with E-state index in [4.69, 9.17) is 5.11 Å². The number of benzene rings is 1. The van der Waals surface area contributed by atoms with E-state index in [0.29, 0.717) is 12.8 Å². The van der Waals surface area contributed by atoms with Gasteiger partial charge < -0.3 is 15.2 Å². The minimum absolute atomic E-state index is 0.0620. The summed E-state index contributed by atoms with van der Waals surface area (Å²) >= 11 is 0. The number of carbonyl (C=O) groups is 2. The summed E-state index contributed by atoms with van der Waals surface area (Å²) in [6.07, 6.45) is 3.76. The number of aliphatic carboxylic acids is 1. The second kappa shape index (κ2) is 8.61. The van der Waals surface area contributed by atoms with E-state index >= 15 is 0 Å². The third kappa shape index (κ3) is 5.47. The number of hydrogen-bond acceptors (Lipinski definition) is 3. The van der Waals surface area contributed by atoms with Gasteiger partial charge >= 0.3 is 12.6 Å². The zero-order valence-electron chi connectivity index (χ0n) is 13.3. The molecule has 1 atom stereocenters. The summed E-state index contributed by atoms with van der Waals surface area (Å²) in [5.41, 5.74) is 1.84. The van der Waals surface area contributed by atoms with Gasteiger partial charge in [-0.15, -0.1) is 0 Å². The molecule has 5 nitrogen and oxygen atoms in total. The molecular formula is C17H21F2NO4. The summed E-state index contributed by atoms with van der Waals surface area (Å²) in [6, 6.07) is 4.68. The van der Waals surface area contributed by atoms with Crippen molar-refractivity contribution in [2.24, 2.45) is 0 Å². The highest BCUT2D eigenvalue weighted by atomic mass is 19.3. The van der Waals surface area contributed by atoms with Gasteiger partial charge in [0.15, 0.2) is 0 Å². The fourth-order valence-electron chi connectivity index (χ4n) is 2.95. The van der Waals surface area contributed by atoms with E-state index in [1.807, 2.05) is 0 Å². The molecule has 0 bridgehead atoms. The maximum Gasteiger partial charge on any atom is 0.387 e. The van der Waals surface area contributed by atoms with Crippen molar-refractivity contribution >= 4 is 11.9 Å². The van der Waals surface area contributed by atoms with Gasteiger partial charge in [0.1, 0.15) is 5.75 Å². The summed E-state index contributed by atoms with van der Waals surface area (Å²) < 4.78 is 29.0. The lowest BCUT2D eigenvalue weighted by molar-refractivity contribution is -0.137. The number of alkyl halides is 2. The van der Waals surface area contributed by atoms with Crippen molar-refractivity contribution in [1.29, 1.82) is 0 Å². The highest BCUT2D eigenvalue weighted by molar-refractivity contribution is 5.76. The molecule has 1 aromatic carbocycles. The molecule has 132 valence electrons. The minimum Gasteiger partial charge on any atom is -0.481 e. The first-order valence-corrected chi connectivity index (χ1v) is 8.04. The van der Waals surface area contributed by atoms with E-state index in [-0.39, 0.29) is 30.5 Å². The van der Waals surface area contributed by atoms with Crippen molar-refractivity contribution in [3.05, 3.63) is 29.3 Å². The van der Waals surface area contributed by atoms with Gasteiger partial charge in [0.2, 0.25) is 5.91 Å². The van der Waals surface area contributed by atoms with E-state index < -0.39 is 12.6 Å². The molecule has 0 spiro atoms. The number of nitrogens with one attached hydrogen (secondary N) is 1. The second-order valence-electron chi connectivity index (χ2n) is 5.85. The molecule has 0 saturated heterocycles. The predicted molar refractivity (Wildman–Crippen MR) is 83.0 cm³/mol. The Kier molecular flexibility index (Phi) is 6.52. The monoisotopic (exact) mass is 341 g/mol. The Morgan fingerprint density at radius 2 is 2.04 bits per heavy atom. The maximum absolute atomic E-state index is 12.3. The van der Waals surface area contributed by atoms with Gasteiger partial charge in [0.25, 0.3) is 0 Å². The molecule has 1 aliphatic rings. The molecule has 2 N–H and O–H groups in total. The first-order chi connectivity index (χ1) is 11.5. The van der Waals surface area contributed by atoms with Crippen molar-refractivity contribution in [3.8, 4) is 5.75 Å². The summed E-state index contributed by atoms with van der Waals surface area (Å²) in [7, 11) is 0. The topological polar surface area (TPSA) is 75.6 Å². The molecule has 1 unspecified atom stereocenters. The van der Waals surface area contributed by atoms with E-state index in [1.165, 1.54) is 6.07 Å². The van der Waals surface area contributed by atoms with Gasteiger partial charge in [-0.3, -0.25) is 9.59 Å². The Hall–Kier alpha value is -2.18. The largest absolute Gasteiger partial charge is 0.481 e. The Morgan fingerprint density at radius 1 is 1.29 bits per heavy atom. The third-order valence-electron chi connectivity index (χ3n) is 4.03. The number of carboxylic acid groups (broad SMARTS) is 1. The molecule has 24 heavy (non-hydrogen) atoms. The molecule has 1 aromatic rings. The van der Waals surface area contributed by atoms with Gasteiger partial charge in [0, 0.05) is 12.8 Å². The van der Waals surface area contributed by atoms with Gasteiger partial charge in [-0.25, -0.2) is 0 Å². The Labute approximate surface area is 139 Å². The summed E-state index contributed by atoms with van der Waals surface area (Å²) in [5.74, 6) is -0.853. The fraction of sp³-hybridized carbons (Fsp3) is 0.529. The number of ether oxygens (including phenoxy) is 1. The van der Waals surface area contributed by atoms with Crippen LogP contribution in [0.3, 0.4) is 0 Å². The molecule has 0 heterocycles. The van der Waals surface area contributed by atoms with Gasteiger partial charge in [-0.05, 0) is 55.4 Å². The number of carbonyl (C=O) groups excluding carboxylic acids is 1. The van der Waals surface area contributed by atoms with E-state index in [1.54, 1.807) is 12.1 Å². The van der Waals surface area contributed by atoms with Crippen molar-refractivity contribution in [3.63, 3.8) is 0 Å². The predicted octanol–water partition coefficient (Wildman–Crippen LogP) is 3.43. The van der Waals surface area contributed by atoms with Crippen LogP contribution < -0.4 is 10.1 Å². The van der Waals surface area contributed by atoms with Crippen molar-refractivity contribution < 1.29 is 28.2 Å². The number of halogens is 2. The normalized spacial score (nSPS) is 16.5. The maximum atomic E-state index is 12.3. The molecule has 0 radical (unpaired) electrons.